The van der Waals surface area contributed by atoms with E-state index in [1.54, 1.807) is 6.07 Å². The van der Waals surface area contributed by atoms with Crippen molar-refractivity contribution >= 4 is 35.0 Å². The highest BCUT2D eigenvalue weighted by Crippen LogP contribution is 2.28. The molecule has 0 aliphatic heterocycles. The highest BCUT2D eigenvalue weighted by molar-refractivity contribution is 7.98. The number of rotatable bonds is 6. The molecule has 0 spiro atoms. The van der Waals surface area contributed by atoms with E-state index in [4.69, 9.17) is 27.6 Å². The van der Waals surface area contributed by atoms with Crippen LogP contribution in [0.1, 0.15) is 37.8 Å². The number of quaternary nitrogens is 1. The van der Waals surface area contributed by atoms with Crippen LogP contribution in [0.3, 0.4) is 0 Å². The van der Waals surface area contributed by atoms with Gasteiger partial charge in [-0.15, -0.1) is 10.2 Å². The molecule has 0 unspecified atom stereocenters. The maximum Gasteiger partial charge on any atom is 0.277 e. The molecule has 0 radical (unpaired) electrons. The van der Waals surface area contributed by atoms with Crippen LogP contribution in [0, 0.1) is 5.92 Å². The Kier molecular flexibility index (Phi) is 5.93. The van der Waals surface area contributed by atoms with Crippen LogP contribution in [0.2, 0.25) is 10.0 Å². The van der Waals surface area contributed by atoms with Crippen LogP contribution in [0.4, 0.5) is 0 Å². The molecule has 0 amide bonds. The van der Waals surface area contributed by atoms with Crippen molar-refractivity contribution in [2.75, 3.05) is 0 Å². The monoisotopic (exact) mass is 346 g/mol. The van der Waals surface area contributed by atoms with Crippen LogP contribution >= 0.6 is 35.0 Å². The van der Waals surface area contributed by atoms with E-state index in [1.165, 1.54) is 11.8 Å². The summed E-state index contributed by atoms with van der Waals surface area (Å²) in [6.07, 6.45) is 0.926. The minimum absolute atomic E-state index is 0.0333. The molecule has 2 aromatic rings. The van der Waals surface area contributed by atoms with E-state index in [9.17, 15) is 0 Å². The molecule has 0 aliphatic rings. The lowest BCUT2D eigenvalue weighted by atomic mass is 10.1. The van der Waals surface area contributed by atoms with Crippen molar-refractivity contribution in [2.24, 2.45) is 5.92 Å². The van der Waals surface area contributed by atoms with Gasteiger partial charge in [-0.25, -0.2) is 0 Å². The average Bonchev–Trinajstić information content (AvgIpc) is 2.86. The Labute approximate surface area is 138 Å². The van der Waals surface area contributed by atoms with Crippen LogP contribution in [0.5, 0.6) is 0 Å². The Hall–Kier alpha value is -0.750. The molecule has 0 fully saturated rings. The van der Waals surface area contributed by atoms with Gasteiger partial charge in [0.25, 0.3) is 11.1 Å². The van der Waals surface area contributed by atoms with E-state index in [1.807, 2.05) is 12.1 Å². The Morgan fingerprint density at radius 1 is 1.29 bits per heavy atom. The first-order chi connectivity index (χ1) is 9.95. The third-order valence-corrected chi connectivity index (χ3v) is 4.35. The SMILES string of the molecule is CC(C)C[C@H]([NH3+])c1nnc(SCc2ccc(Cl)cc2Cl)o1. The number of nitrogens with zero attached hydrogens (tertiary/aromatic N) is 2. The number of hydrogen-bond donors (Lipinski definition) is 1. The molecule has 0 saturated carbocycles. The summed E-state index contributed by atoms with van der Waals surface area (Å²) in [5, 5.41) is 9.91. The standard InChI is InChI=1S/C14H17Cl2N3OS/c1-8(2)5-12(17)13-18-19-14(20-13)21-7-9-3-4-10(15)6-11(9)16/h3-4,6,8,12H,5,7,17H2,1-2H3/p+1/t12-/m0/s1. The van der Waals surface area contributed by atoms with Crippen molar-refractivity contribution in [2.45, 2.75) is 37.3 Å². The number of benzene rings is 1. The Morgan fingerprint density at radius 2 is 2.05 bits per heavy atom. The van der Waals surface area contributed by atoms with E-state index in [0.717, 1.165) is 12.0 Å². The third kappa shape index (κ3) is 4.88. The van der Waals surface area contributed by atoms with Gasteiger partial charge in [-0.3, -0.25) is 0 Å². The number of hydrogen-bond acceptors (Lipinski definition) is 4. The molecule has 1 heterocycles. The lowest BCUT2D eigenvalue weighted by molar-refractivity contribution is -0.435. The zero-order valence-corrected chi connectivity index (χ0v) is 14.3. The fourth-order valence-electron chi connectivity index (χ4n) is 1.89. The van der Waals surface area contributed by atoms with Crippen molar-refractivity contribution in [1.82, 2.24) is 10.2 Å². The van der Waals surface area contributed by atoms with E-state index >= 15 is 0 Å². The summed E-state index contributed by atoms with van der Waals surface area (Å²) in [6, 6.07) is 5.48. The normalized spacial score (nSPS) is 12.9. The zero-order valence-electron chi connectivity index (χ0n) is 12.0. The summed E-state index contributed by atoms with van der Waals surface area (Å²) in [4.78, 5) is 0. The molecule has 3 N–H and O–H groups in total. The molecule has 4 nitrogen and oxygen atoms in total. The fraction of sp³-hybridized carbons (Fsp3) is 0.429. The Bertz CT molecular complexity index is 604. The molecular weight excluding hydrogens is 329 g/mol. The van der Waals surface area contributed by atoms with Gasteiger partial charge in [0, 0.05) is 22.2 Å². The molecule has 7 heteroatoms. The molecule has 0 aliphatic carbocycles. The number of halogens is 2. The summed E-state index contributed by atoms with van der Waals surface area (Å²) < 4.78 is 5.64. The predicted molar refractivity (Wildman–Crippen MR) is 85.4 cm³/mol. The van der Waals surface area contributed by atoms with Gasteiger partial charge < -0.3 is 10.2 Å². The lowest BCUT2D eigenvalue weighted by Gasteiger charge is -2.06. The van der Waals surface area contributed by atoms with E-state index < -0.39 is 0 Å². The number of aromatic nitrogens is 2. The van der Waals surface area contributed by atoms with Gasteiger partial charge in [-0.1, -0.05) is 54.9 Å². The van der Waals surface area contributed by atoms with Crippen LogP contribution in [0.25, 0.3) is 0 Å². The Balaban J connectivity index is 1.96. The van der Waals surface area contributed by atoms with Crippen molar-refractivity contribution in [3.8, 4) is 0 Å². The van der Waals surface area contributed by atoms with E-state index in [-0.39, 0.29) is 6.04 Å². The first-order valence-electron chi connectivity index (χ1n) is 6.69. The maximum absolute atomic E-state index is 6.13. The molecular formula is C14H18Cl2N3OS+. The molecule has 2 rings (SSSR count). The van der Waals surface area contributed by atoms with Crippen LogP contribution in [-0.2, 0) is 5.75 Å². The summed E-state index contributed by atoms with van der Waals surface area (Å²) in [6.45, 7) is 4.29. The summed E-state index contributed by atoms with van der Waals surface area (Å²) in [5.74, 6) is 1.79. The molecule has 114 valence electrons. The minimum Gasteiger partial charge on any atom is -0.410 e. The van der Waals surface area contributed by atoms with Gasteiger partial charge >= 0.3 is 0 Å². The maximum atomic E-state index is 6.13. The first kappa shape index (κ1) is 16.6. The summed E-state index contributed by atoms with van der Waals surface area (Å²) in [5.41, 5.74) is 5.05. The minimum atomic E-state index is 0.0333. The van der Waals surface area contributed by atoms with Gasteiger partial charge in [0.15, 0.2) is 6.04 Å². The second kappa shape index (κ2) is 7.49. The fourth-order valence-corrected chi connectivity index (χ4v) is 3.22. The van der Waals surface area contributed by atoms with Crippen LogP contribution in [-0.4, -0.2) is 10.2 Å². The van der Waals surface area contributed by atoms with Gasteiger partial charge in [0.2, 0.25) is 0 Å². The van der Waals surface area contributed by atoms with Gasteiger partial charge in [-0.05, 0) is 23.6 Å². The summed E-state index contributed by atoms with van der Waals surface area (Å²) >= 11 is 13.5. The van der Waals surface area contributed by atoms with E-state index in [2.05, 4.69) is 29.8 Å². The highest BCUT2D eigenvalue weighted by atomic mass is 35.5. The summed E-state index contributed by atoms with van der Waals surface area (Å²) in [7, 11) is 0. The predicted octanol–water partition coefficient (Wildman–Crippen LogP) is 4.00. The highest BCUT2D eigenvalue weighted by Gasteiger charge is 2.19. The molecule has 0 saturated heterocycles. The van der Waals surface area contributed by atoms with Crippen LogP contribution in [0.15, 0.2) is 27.8 Å². The molecule has 0 bridgehead atoms. The Morgan fingerprint density at radius 3 is 2.71 bits per heavy atom. The second-order valence-electron chi connectivity index (χ2n) is 5.26. The third-order valence-electron chi connectivity index (χ3n) is 2.89. The average molecular weight is 347 g/mol. The van der Waals surface area contributed by atoms with Gasteiger partial charge in [0.1, 0.15) is 0 Å². The second-order valence-corrected chi connectivity index (χ2v) is 7.03. The molecule has 1 atom stereocenters. The topological polar surface area (TPSA) is 66.6 Å². The largest absolute Gasteiger partial charge is 0.410 e. The van der Waals surface area contributed by atoms with Gasteiger partial charge in [-0.2, -0.15) is 0 Å². The quantitative estimate of drug-likeness (QED) is 0.802. The van der Waals surface area contributed by atoms with Crippen molar-refractivity contribution < 1.29 is 10.2 Å². The molecule has 1 aromatic heterocycles. The smallest absolute Gasteiger partial charge is 0.277 e. The first-order valence-corrected chi connectivity index (χ1v) is 8.43. The number of thioether (sulfide) groups is 1. The van der Waals surface area contributed by atoms with Crippen molar-refractivity contribution in [1.29, 1.82) is 0 Å². The van der Waals surface area contributed by atoms with Gasteiger partial charge in [0.05, 0.1) is 0 Å². The van der Waals surface area contributed by atoms with Crippen LogP contribution < -0.4 is 5.73 Å². The zero-order chi connectivity index (χ0) is 15.4. The molecule has 21 heavy (non-hydrogen) atoms. The van der Waals surface area contributed by atoms with Crippen molar-refractivity contribution in [3.05, 3.63) is 39.7 Å². The van der Waals surface area contributed by atoms with Crippen molar-refractivity contribution in [3.63, 3.8) is 0 Å². The lowest BCUT2D eigenvalue weighted by Crippen LogP contribution is -2.54. The van der Waals surface area contributed by atoms with E-state index in [0.29, 0.717) is 32.8 Å². The molecule has 1 aromatic carbocycles.